The lowest BCUT2D eigenvalue weighted by Gasteiger charge is -2.29. The number of anilines is 1. The molecule has 2 nitrogen and oxygen atoms in total. The van der Waals surface area contributed by atoms with Crippen molar-refractivity contribution >= 4 is 5.69 Å². The molecule has 0 spiro atoms. The minimum atomic E-state index is -0.115. The highest BCUT2D eigenvalue weighted by molar-refractivity contribution is 5.50. The third kappa shape index (κ3) is 3.22. The molecule has 1 aliphatic rings. The summed E-state index contributed by atoms with van der Waals surface area (Å²) >= 11 is 0. The Morgan fingerprint density at radius 3 is 2.61 bits per heavy atom. The number of benzene rings is 1. The van der Waals surface area contributed by atoms with Gasteiger partial charge in [-0.3, -0.25) is 0 Å². The van der Waals surface area contributed by atoms with Crippen LogP contribution in [0.15, 0.2) is 18.2 Å². The van der Waals surface area contributed by atoms with Crippen LogP contribution in [0.5, 0.6) is 0 Å². The van der Waals surface area contributed by atoms with Crippen LogP contribution < -0.4 is 10.6 Å². The van der Waals surface area contributed by atoms with E-state index in [-0.39, 0.29) is 5.82 Å². The van der Waals surface area contributed by atoms with Gasteiger partial charge in [0.05, 0.1) is 5.69 Å². The van der Waals surface area contributed by atoms with Gasteiger partial charge in [0.25, 0.3) is 0 Å². The van der Waals surface area contributed by atoms with E-state index in [0.717, 1.165) is 30.1 Å². The zero-order chi connectivity index (χ0) is 13.1. The van der Waals surface area contributed by atoms with E-state index in [9.17, 15) is 4.39 Å². The van der Waals surface area contributed by atoms with E-state index >= 15 is 0 Å². The Kier molecular flexibility index (Phi) is 4.23. The minimum absolute atomic E-state index is 0.115. The molecule has 2 N–H and O–H groups in total. The van der Waals surface area contributed by atoms with Gasteiger partial charge >= 0.3 is 0 Å². The van der Waals surface area contributed by atoms with E-state index in [4.69, 9.17) is 5.73 Å². The van der Waals surface area contributed by atoms with E-state index in [1.165, 1.54) is 12.8 Å². The highest BCUT2D eigenvalue weighted by Crippen LogP contribution is 2.33. The first-order chi connectivity index (χ1) is 8.61. The molecule has 1 fully saturated rings. The van der Waals surface area contributed by atoms with Crippen molar-refractivity contribution in [2.75, 3.05) is 18.0 Å². The first kappa shape index (κ1) is 13.3. The van der Waals surface area contributed by atoms with Gasteiger partial charge in [0.1, 0.15) is 5.82 Å². The van der Waals surface area contributed by atoms with Crippen molar-refractivity contribution in [2.45, 2.75) is 39.2 Å². The highest BCUT2D eigenvalue weighted by atomic mass is 19.1. The smallest absolute Gasteiger partial charge is 0.146 e. The van der Waals surface area contributed by atoms with Crippen molar-refractivity contribution in [1.29, 1.82) is 0 Å². The molecule has 1 saturated carbocycles. The molecular weight excluding hydrogens is 227 g/mol. The predicted molar refractivity (Wildman–Crippen MR) is 74.4 cm³/mol. The largest absolute Gasteiger partial charge is 0.366 e. The summed E-state index contributed by atoms with van der Waals surface area (Å²) in [6.07, 6.45) is 3.31. The molecule has 0 aliphatic heterocycles. The standard InChI is InChI=1S/C15H23FN2/c1-11(2)18(10-13-3-4-13)15-6-5-12(7-8-17)9-14(15)16/h5-6,9,11,13H,3-4,7-8,10,17H2,1-2H3. The third-order valence-corrected chi connectivity index (χ3v) is 3.53. The van der Waals surface area contributed by atoms with Crippen LogP contribution in [0.25, 0.3) is 0 Å². The molecule has 0 amide bonds. The Labute approximate surface area is 109 Å². The summed E-state index contributed by atoms with van der Waals surface area (Å²) in [6, 6.07) is 5.86. The predicted octanol–water partition coefficient (Wildman–Crippen LogP) is 2.95. The zero-order valence-electron chi connectivity index (χ0n) is 11.3. The van der Waals surface area contributed by atoms with Gasteiger partial charge in [-0.15, -0.1) is 0 Å². The van der Waals surface area contributed by atoms with E-state index < -0.39 is 0 Å². The summed E-state index contributed by atoms with van der Waals surface area (Å²) in [7, 11) is 0. The molecular formula is C15H23FN2. The van der Waals surface area contributed by atoms with Crippen molar-refractivity contribution in [1.82, 2.24) is 0 Å². The average Bonchev–Trinajstić information content (AvgIpc) is 3.11. The van der Waals surface area contributed by atoms with Crippen LogP contribution in [0.4, 0.5) is 10.1 Å². The summed E-state index contributed by atoms with van der Waals surface area (Å²) in [5, 5.41) is 0. The number of hydrogen-bond donors (Lipinski definition) is 1. The van der Waals surface area contributed by atoms with Crippen molar-refractivity contribution in [2.24, 2.45) is 11.7 Å². The van der Waals surface area contributed by atoms with E-state index in [2.05, 4.69) is 18.7 Å². The van der Waals surface area contributed by atoms with Crippen LogP contribution in [-0.4, -0.2) is 19.1 Å². The molecule has 1 aromatic rings. The number of hydrogen-bond acceptors (Lipinski definition) is 2. The Morgan fingerprint density at radius 2 is 2.11 bits per heavy atom. The van der Waals surface area contributed by atoms with E-state index in [0.29, 0.717) is 12.6 Å². The Hall–Kier alpha value is -1.09. The number of nitrogens with two attached hydrogens (primary N) is 1. The molecule has 3 heteroatoms. The molecule has 0 radical (unpaired) electrons. The van der Waals surface area contributed by atoms with Crippen molar-refractivity contribution in [3.8, 4) is 0 Å². The molecule has 0 aromatic heterocycles. The summed E-state index contributed by atoms with van der Waals surface area (Å²) in [5.41, 5.74) is 7.21. The molecule has 18 heavy (non-hydrogen) atoms. The second-order valence-corrected chi connectivity index (χ2v) is 5.51. The first-order valence-electron chi connectivity index (χ1n) is 6.87. The van der Waals surface area contributed by atoms with Crippen LogP contribution in [0, 0.1) is 11.7 Å². The minimum Gasteiger partial charge on any atom is -0.366 e. The molecule has 1 aliphatic carbocycles. The number of rotatable bonds is 6. The van der Waals surface area contributed by atoms with Gasteiger partial charge in [-0.2, -0.15) is 0 Å². The van der Waals surface area contributed by atoms with Gasteiger partial charge in [0.15, 0.2) is 0 Å². The molecule has 0 heterocycles. The monoisotopic (exact) mass is 250 g/mol. The van der Waals surface area contributed by atoms with Gasteiger partial charge in [-0.05, 0) is 63.3 Å². The maximum absolute atomic E-state index is 14.2. The van der Waals surface area contributed by atoms with Gasteiger partial charge < -0.3 is 10.6 Å². The van der Waals surface area contributed by atoms with Crippen LogP contribution in [0.1, 0.15) is 32.3 Å². The second-order valence-electron chi connectivity index (χ2n) is 5.51. The summed E-state index contributed by atoms with van der Waals surface area (Å²) in [5.74, 6) is 0.644. The van der Waals surface area contributed by atoms with Crippen LogP contribution in [0.3, 0.4) is 0 Å². The van der Waals surface area contributed by atoms with Gasteiger partial charge in [-0.25, -0.2) is 4.39 Å². The lowest BCUT2D eigenvalue weighted by atomic mass is 10.1. The van der Waals surface area contributed by atoms with Crippen molar-refractivity contribution in [3.05, 3.63) is 29.6 Å². The Morgan fingerprint density at radius 1 is 1.39 bits per heavy atom. The maximum atomic E-state index is 14.2. The normalized spacial score (nSPS) is 15.2. The fourth-order valence-corrected chi connectivity index (χ4v) is 2.27. The maximum Gasteiger partial charge on any atom is 0.146 e. The second kappa shape index (κ2) is 5.70. The van der Waals surface area contributed by atoms with Gasteiger partial charge in [-0.1, -0.05) is 6.07 Å². The topological polar surface area (TPSA) is 29.3 Å². The van der Waals surface area contributed by atoms with Crippen LogP contribution >= 0.6 is 0 Å². The van der Waals surface area contributed by atoms with Crippen LogP contribution in [-0.2, 0) is 6.42 Å². The molecule has 0 atom stereocenters. The lowest BCUT2D eigenvalue weighted by molar-refractivity contribution is 0.586. The van der Waals surface area contributed by atoms with E-state index in [1.54, 1.807) is 6.07 Å². The molecule has 0 unspecified atom stereocenters. The first-order valence-corrected chi connectivity index (χ1v) is 6.87. The molecule has 100 valence electrons. The quantitative estimate of drug-likeness (QED) is 0.841. The Bertz CT molecular complexity index is 399. The molecule has 2 rings (SSSR count). The fourth-order valence-electron chi connectivity index (χ4n) is 2.27. The zero-order valence-corrected chi connectivity index (χ0v) is 11.3. The molecule has 1 aromatic carbocycles. The summed E-state index contributed by atoms with van der Waals surface area (Å²) in [4.78, 5) is 2.18. The number of halogens is 1. The summed E-state index contributed by atoms with van der Waals surface area (Å²) in [6.45, 7) is 5.78. The lowest BCUT2D eigenvalue weighted by Crippen LogP contribution is -2.33. The van der Waals surface area contributed by atoms with Gasteiger partial charge in [0.2, 0.25) is 0 Å². The van der Waals surface area contributed by atoms with Crippen LogP contribution in [0.2, 0.25) is 0 Å². The SMILES string of the molecule is CC(C)N(CC1CC1)c1ccc(CCN)cc1F. The van der Waals surface area contributed by atoms with Crippen molar-refractivity contribution in [3.63, 3.8) is 0 Å². The molecule has 0 bridgehead atoms. The van der Waals surface area contributed by atoms with E-state index in [1.807, 2.05) is 12.1 Å². The fraction of sp³-hybridized carbons (Fsp3) is 0.600. The average molecular weight is 250 g/mol. The van der Waals surface area contributed by atoms with Gasteiger partial charge in [0, 0.05) is 12.6 Å². The third-order valence-electron chi connectivity index (χ3n) is 3.53. The molecule has 0 saturated heterocycles. The highest BCUT2D eigenvalue weighted by Gasteiger charge is 2.26. The van der Waals surface area contributed by atoms with Crippen molar-refractivity contribution < 1.29 is 4.39 Å². The summed E-state index contributed by atoms with van der Waals surface area (Å²) < 4.78 is 14.2. The number of nitrogens with zero attached hydrogens (tertiary/aromatic N) is 1. The Balaban J connectivity index is 2.17.